The van der Waals surface area contributed by atoms with Crippen LogP contribution < -0.4 is 15.0 Å². The van der Waals surface area contributed by atoms with Gasteiger partial charge in [0.1, 0.15) is 5.75 Å². The zero-order valence-corrected chi connectivity index (χ0v) is 21.9. The number of hydrogen-bond acceptors (Lipinski definition) is 8. The summed E-state index contributed by atoms with van der Waals surface area (Å²) < 4.78 is 5.75. The number of rotatable bonds is 5. The molecular formula is C24H33N5OS2. The van der Waals surface area contributed by atoms with Gasteiger partial charge in [0.25, 0.3) is 0 Å². The van der Waals surface area contributed by atoms with Crippen molar-refractivity contribution in [2.45, 2.75) is 71.5 Å². The van der Waals surface area contributed by atoms with E-state index in [0.29, 0.717) is 6.04 Å². The number of aromatic nitrogens is 3. The molecule has 32 heavy (non-hydrogen) atoms. The number of anilines is 1. The van der Waals surface area contributed by atoms with E-state index in [9.17, 15) is 0 Å². The lowest BCUT2D eigenvalue weighted by molar-refractivity contribution is 0.161. The number of benzene rings is 1. The Morgan fingerprint density at radius 1 is 1.06 bits per heavy atom. The van der Waals surface area contributed by atoms with Crippen LogP contribution >= 0.6 is 22.7 Å². The van der Waals surface area contributed by atoms with Gasteiger partial charge in [0.05, 0.1) is 28.3 Å². The van der Waals surface area contributed by atoms with Gasteiger partial charge >= 0.3 is 0 Å². The zero-order chi connectivity index (χ0) is 23.3. The van der Waals surface area contributed by atoms with Gasteiger partial charge in [-0.2, -0.15) is 0 Å². The summed E-state index contributed by atoms with van der Waals surface area (Å²) >= 11 is 3.33. The summed E-state index contributed by atoms with van der Waals surface area (Å²) in [5.41, 5.74) is 3.31. The van der Waals surface area contributed by atoms with E-state index in [4.69, 9.17) is 4.74 Å². The Labute approximate surface area is 199 Å². The van der Waals surface area contributed by atoms with Crippen LogP contribution in [-0.4, -0.2) is 46.5 Å². The van der Waals surface area contributed by atoms with Crippen molar-refractivity contribution >= 4 is 27.8 Å². The third-order valence-electron chi connectivity index (χ3n) is 6.03. The Balaban J connectivity index is 1.61. The third-order valence-corrected chi connectivity index (χ3v) is 8.20. The van der Waals surface area contributed by atoms with Gasteiger partial charge in [0.15, 0.2) is 5.01 Å². The fourth-order valence-corrected chi connectivity index (χ4v) is 6.80. The van der Waals surface area contributed by atoms with Crippen LogP contribution in [0.25, 0.3) is 21.0 Å². The van der Waals surface area contributed by atoms with E-state index in [1.54, 1.807) is 29.8 Å². The van der Waals surface area contributed by atoms with Crippen molar-refractivity contribution in [2.24, 2.45) is 0 Å². The number of methoxy groups -OCH3 is 1. The lowest BCUT2D eigenvalue weighted by Crippen LogP contribution is -2.61. The van der Waals surface area contributed by atoms with Crippen LogP contribution in [0, 0.1) is 13.8 Å². The zero-order valence-electron chi connectivity index (χ0n) is 20.2. The maximum Gasteiger partial charge on any atom is 0.208 e. The van der Waals surface area contributed by atoms with Crippen molar-refractivity contribution in [3.63, 3.8) is 0 Å². The molecule has 8 heteroatoms. The quantitative estimate of drug-likeness (QED) is 0.515. The van der Waals surface area contributed by atoms with Gasteiger partial charge in [-0.1, -0.05) is 17.4 Å². The predicted octanol–water partition coefficient (Wildman–Crippen LogP) is 5.70. The first kappa shape index (κ1) is 23.1. The van der Waals surface area contributed by atoms with Gasteiger partial charge in [-0.05, 0) is 72.1 Å². The standard InChI is InChI=1S/C24H33N5OS2/c1-14-20(31-15(2)25-14)16-9-10-18(19(11-16)30-8)21-26-27-22(32-21)29(7)17-12-23(3,4)28-24(5,6)13-17/h9-11,17,28H,12-13H2,1-8H3. The third kappa shape index (κ3) is 4.67. The topological polar surface area (TPSA) is 63.2 Å². The molecule has 3 aromatic rings. The number of hydrogen-bond donors (Lipinski definition) is 1. The summed E-state index contributed by atoms with van der Waals surface area (Å²) in [5.74, 6) is 0.808. The number of ether oxygens (including phenoxy) is 1. The monoisotopic (exact) mass is 471 g/mol. The highest BCUT2D eigenvalue weighted by Gasteiger charge is 2.39. The second-order valence-electron chi connectivity index (χ2n) is 10.0. The number of nitrogens with one attached hydrogen (secondary N) is 1. The first-order valence-electron chi connectivity index (χ1n) is 11.0. The molecule has 3 heterocycles. The van der Waals surface area contributed by atoms with Crippen LogP contribution in [0.2, 0.25) is 0 Å². The van der Waals surface area contributed by atoms with E-state index in [1.165, 1.54) is 4.88 Å². The van der Waals surface area contributed by atoms with Crippen molar-refractivity contribution in [1.82, 2.24) is 20.5 Å². The maximum absolute atomic E-state index is 5.75. The Morgan fingerprint density at radius 3 is 2.34 bits per heavy atom. The second kappa shape index (κ2) is 8.39. The second-order valence-corrected chi connectivity index (χ2v) is 12.2. The SMILES string of the molecule is COc1cc(-c2sc(C)nc2C)ccc1-c1nnc(N(C)C2CC(C)(C)NC(C)(C)C2)s1. The van der Waals surface area contributed by atoms with E-state index < -0.39 is 0 Å². The average Bonchev–Trinajstić information content (AvgIpc) is 3.30. The highest BCUT2D eigenvalue weighted by atomic mass is 32.1. The molecule has 1 N–H and O–H groups in total. The number of thiazole rings is 1. The molecule has 0 radical (unpaired) electrons. The van der Waals surface area contributed by atoms with Gasteiger partial charge in [-0.15, -0.1) is 21.5 Å². The molecule has 0 unspecified atom stereocenters. The fraction of sp³-hybridized carbons (Fsp3) is 0.542. The molecular weight excluding hydrogens is 438 g/mol. The van der Waals surface area contributed by atoms with Crippen molar-refractivity contribution in [1.29, 1.82) is 0 Å². The van der Waals surface area contributed by atoms with Gasteiger partial charge in [-0.25, -0.2) is 4.98 Å². The summed E-state index contributed by atoms with van der Waals surface area (Å²) in [6.45, 7) is 13.2. The molecule has 1 aromatic carbocycles. The molecule has 1 aliphatic rings. The van der Waals surface area contributed by atoms with Crippen LogP contribution in [0.5, 0.6) is 5.75 Å². The highest BCUT2D eigenvalue weighted by Crippen LogP contribution is 2.40. The van der Waals surface area contributed by atoms with Crippen molar-refractivity contribution in [3.8, 4) is 26.8 Å². The molecule has 0 atom stereocenters. The molecule has 1 saturated heterocycles. The summed E-state index contributed by atoms with van der Waals surface area (Å²) in [6.07, 6.45) is 2.13. The smallest absolute Gasteiger partial charge is 0.208 e. The van der Waals surface area contributed by atoms with Crippen LogP contribution in [0.15, 0.2) is 18.2 Å². The average molecular weight is 472 g/mol. The van der Waals surface area contributed by atoms with Gasteiger partial charge in [0.2, 0.25) is 5.13 Å². The minimum absolute atomic E-state index is 0.0837. The van der Waals surface area contributed by atoms with Crippen molar-refractivity contribution in [3.05, 3.63) is 28.9 Å². The predicted molar refractivity (Wildman–Crippen MR) is 135 cm³/mol. The molecule has 1 fully saturated rings. The van der Waals surface area contributed by atoms with Gasteiger partial charge in [0, 0.05) is 24.2 Å². The molecule has 2 aromatic heterocycles. The Hall–Kier alpha value is -2.03. The molecule has 0 bridgehead atoms. The Bertz CT molecular complexity index is 1100. The first-order chi connectivity index (χ1) is 15.0. The molecule has 0 amide bonds. The van der Waals surface area contributed by atoms with Crippen molar-refractivity contribution in [2.75, 3.05) is 19.1 Å². The highest BCUT2D eigenvalue weighted by molar-refractivity contribution is 7.18. The molecule has 0 aliphatic carbocycles. The lowest BCUT2D eigenvalue weighted by Gasteiger charge is -2.48. The number of piperidine rings is 1. The summed E-state index contributed by atoms with van der Waals surface area (Å²) in [4.78, 5) is 8.04. The van der Waals surface area contributed by atoms with Crippen LogP contribution in [0.4, 0.5) is 5.13 Å². The fourth-order valence-electron chi connectivity index (χ4n) is 4.97. The number of aryl methyl sites for hydroxylation is 2. The lowest BCUT2D eigenvalue weighted by atomic mass is 9.79. The normalized spacial score (nSPS) is 18.0. The Kier molecular flexibility index (Phi) is 6.07. The van der Waals surface area contributed by atoms with E-state index in [-0.39, 0.29) is 11.1 Å². The molecule has 0 saturated carbocycles. The summed E-state index contributed by atoms with van der Waals surface area (Å²) in [5, 5.41) is 15.7. The van der Waals surface area contributed by atoms with E-state index >= 15 is 0 Å². The van der Waals surface area contributed by atoms with Crippen LogP contribution in [0.1, 0.15) is 51.2 Å². The summed E-state index contributed by atoms with van der Waals surface area (Å²) in [7, 11) is 3.85. The minimum atomic E-state index is 0.0837. The largest absolute Gasteiger partial charge is 0.496 e. The molecule has 172 valence electrons. The number of nitrogens with zero attached hydrogens (tertiary/aromatic N) is 4. The minimum Gasteiger partial charge on any atom is -0.496 e. The van der Waals surface area contributed by atoms with Crippen LogP contribution in [0.3, 0.4) is 0 Å². The van der Waals surface area contributed by atoms with Crippen molar-refractivity contribution < 1.29 is 4.74 Å². The van der Waals surface area contributed by atoms with Crippen LogP contribution in [-0.2, 0) is 0 Å². The van der Waals surface area contributed by atoms with Gasteiger partial charge in [-0.3, -0.25) is 0 Å². The molecule has 4 rings (SSSR count). The Morgan fingerprint density at radius 2 is 1.75 bits per heavy atom. The van der Waals surface area contributed by atoms with E-state index in [0.717, 1.165) is 50.6 Å². The molecule has 6 nitrogen and oxygen atoms in total. The maximum atomic E-state index is 5.75. The van der Waals surface area contributed by atoms with E-state index in [2.05, 4.69) is 85.3 Å². The summed E-state index contributed by atoms with van der Waals surface area (Å²) in [6, 6.07) is 6.70. The molecule has 1 aliphatic heterocycles. The van der Waals surface area contributed by atoms with Gasteiger partial charge < -0.3 is 15.0 Å². The first-order valence-corrected chi connectivity index (χ1v) is 12.6. The van der Waals surface area contributed by atoms with E-state index in [1.807, 2.05) is 6.92 Å². The molecule has 0 spiro atoms.